The molecule has 6 heteroatoms. The number of nitrogens with zero attached hydrogens (tertiary/aromatic N) is 3. The van der Waals surface area contributed by atoms with Crippen molar-refractivity contribution in [3.63, 3.8) is 0 Å². The topological polar surface area (TPSA) is 62.7 Å². The second-order valence-corrected chi connectivity index (χ2v) is 4.58. The van der Waals surface area contributed by atoms with Crippen LogP contribution in [0, 0.1) is 5.92 Å². The van der Waals surface area contributed by atoms with Crippen LogP contribution in [-0.2, 0) is 0 Å². The van der Waals surface area contributed by atoms with Gasteiger partial charge in [0.25, 0.3) is 0 Å². The maximum Gasteiger partial charge on any atom is 0.228 e. The highest BCUT2D eigenvalue weighted by Gasteiger charge is 2.07. The molecule has 0 aromatic carbocycles. The summed E-state index contributed by atoms with van der Waals surface area (Å²) in [6, 6.07) is 0. The first-order valence-corrected chi connectivity index (χ1v) is 6.96. The van der Waals surface area contributed by atoms with Gasteiger partial charge >= 0.3 is 0 Å². The van der Waals surface area contributed by atoms with Gasteiger partial charge in [0.1, 0.15) is 0 Å². The monoisotopic (exact) mass is 271 g/mol. The van der Waals surface area contributed by atoms with Crippen LogP contribution >= 0.6 is 11.6 Å². The molecule has 18 heavy (non-hydrogen) atoms. The Hall–Kier alpha value is -1.10. The molecule has 1 aromatic rings. The molecule has 0 aliphatic rings. The van der Waals surface area contributed by atoms with Gasteiger partial charge in [-0.05, 0) is 23.9 Å². The first-order valence-electron chi connectivity index (χ1n) is 6.58. The van der Waals surface area contributed by atoms with Gasteiger partial charge in [-0.2, -0.15) is 15.0 Å². The largest absolute Gasteiger partial charge is 0.354 e. The van der Waals surface area contributed by atoms with Gasteiger partial charge in [-0.15, -0.1) is 0 Å². The van der Waals surface area contributed by atoms with E-state index >= 15 is 0 Å². The van der Waals surface area contributed by atoms with Gasteiger partial charge in [0.05, 0.1) is 0 Å². The normalized spacial score (nSPS) is 10.7. The molecule has 1 aromatic heterocycles. The van der Waals surface area contributed by atoms with Crippen LogP contribution in [0.1, 0.15) is 40.0 Å². The minimum atomic E-state index is 0.218. The first-order chi connectivity index (χ1) is 8.69. The molecular formula is C12H22ClN5. The van der Waals surface area contributed by atoms with E-state index in [0.717, 1.165) is 32.4 Å². The zero-order valence-electron chi connectivity index (χ0n) is 11.3. The highest BCUT2D eigenvalue weighted by atomic mass is 35.5. The molecule has 2 N–H and O–H groups in total. The molecule has 0 spiro atoms. The molecule has 5 nitrogen and oxygen atoms in total. The van der Waals surface area contributed by atoms with Gasteiger partial charge in [-0.1, -0.05) is 33.6 Å². The van der Waals surface area contributed by atoms with Crippen LogP contribution in [-0.4, -0.2) is 28.0 Å². The molecule has 0 aliphatic carbocycles. The molecule has 102 valence electrons. The molecule has 0 unspecified atom stereocenters. The van der Waals surface area contributed by atoms with Gasteiger partial charge in [-0.3, -0.25) is 0 Å². The second-order valence-electron chi connectivity index (χ2n) is 4.24. The lowest BCUT2D eigenvalue weighted by Crippen LogP contribution is -2.16. The van der Waals surface area contributed by atoms with E-state index in [2.05, 4.69) is 46.4 Å². The Bertz CT molecular complexity index is 354. The molecule has 0 amide bonds. The number of anilines is 2. The predicted molar refractivity (Wildman–Crippen MR) is 76.2 cm³/mol. The van der Waals surface area contributed by atoms with Crippen LogP contribution in [0.15, 0.2) is 0 Å². The lowest BCUT2D eigenvalue weighted by Gasteiger charge is -2.13. The minimum absolute atomic E-state index is 0.218. The number of halogens is 1. The zero-order valence-corrected chi connectivity index (χ0v) is 12.1. The van der Waals surface area contributed by atoms with Crippen LogP contribution in [0.5, 0.6) is 0 Å². The molecule has 1 rings (SSSR count). The fourth-order valence-electron chi connectivity index (χ4n) is 1.56. The van der Waals surface area contributed by atoms with Gasteiger partial charge < -0.3 is 10.6 Å². The van der Waals surface area contributed by atoms with Crippen molar-refractivity contribution in [2.24, 2.45) is 5.92 Å². The fourth-order valence-corrected chi connectivity index (χ4v) is 1.72. The van der Waals surface area contributed by atoms with Crippen molar-refractivity contribution in [2.45, 2.75) is 40.0 Å². The molecule has 0 saturated carbocycles. The molecule has 0 saturated heterocycles. The van der Waals surface area contributed by atoms with E-state index in [1.165, 1.54) is 0 Å². The van der Waals surface area contributed by atoms with Crippen molar-refractivity contribution in [1.29, 1.82) is 0 Å². The van der Waals surface area contributed by atoms with E-state index in [9.17, 15) is 0 Å². The van der Waals surface area contributed by atoms with Crippen molar-refractivity contribution in [3.8, 4) is 0 Å². The summed E-state index contributed by atoms with van der Waals surface area (Å²) in [5, 5.41) is 6.54. The summed E-state index contributed by atoms with van der Waals surface area (Å²) < 4.78 is 0. The van der Waals surface area contributed by atoms with E-state index in [1.54, 1.807) is 0 Å². The number of nitrogens with one attached hydrogen (secondary N) is 2. The number of aromatic nitrogens is 3. The predicted octanol–water partition coefficient (Wildman–Crippen LogP) is 3.20. The highest BCUT2D eigenvalue weighted by Crippen LogP contribution is 2.12. The second kappa shape index (κ2) is 8.08. The Labute approximate surface area is 114 Å². The van der Waals surface area contributed by atoms with E-state index < -0.39 is 0 Å². The van der Waals surface area contributed by atoms with Gasteiger partial charge in [0, 0.05) is 13.1 Å². The summed E-state index contributed by atoms with van der Waals surface area (Å²) in [5.74, 6) is 1.71. The quantitative estimate of drug-likeness (QED) is 0.760. The molecule has 1 heterocycles. The van der Waals surface area contributed by atoms with E-state index in [0.29, 0.717) is 17.8 Å². The maximum absolute atomic E-state index is 5.87. The summed E-state index contributed by atoms with van der Waals surface area (Å²) in [7, 11) is 0. The van der Waals surface area contributed by atoms with E-state index in [1.807, 2.05) is 0 Å². The maximum atomic E-state index is 5.87. The smallest absolute Gasteiger partial charge is 0.228 e. The lowest BCUT2D eigenvalue weighted by molar-refractivity contribution is 0.517. The highest BCUT2D eigenvalue weighted by molar-refractivity contribution is 6.28. The standard InChI is InChI=1S/C12H22ClN5/c1-4-7-14-11-16-10(13)17-12(18-11)15-8-9(5-2)6-3/h9H,4-8H2,1-3H3,(H2,14,15,16,17,18). The van der Waals surface area contributed by atoms with Crippen LogP contribution in [0.4, 0.5) is 11.9 Å². The Balaban J connectivity index is 2.61. The molecule has 0 aliphatic heterocycles. The number of hydrogen-bond acceptors (Lipinski definition) is 5. The summed E-state index contributed by atoms with van der Waals surface area (Å²) in [4.78, 5) is 12.4. The lowest BCUT2D eigenvalue weighted by atomic mass is 10.0. The minimum Gasteiger partial charge on any atom is -0.354 e. The van der Waals surface area contributed by atoms with Gasteiger partial charge in [-0.25, -0.2) is 0 Å². The van der Waals surface area contributed by atoms with Crippen molar-refractivity contribution >= 4 is 23.5 Å². The average Bonchev–Trinajstić information content (AvgIpc) is 2.37. The van der Waals surface area contributed by atoms with Crippen LogP contribution < -0.4 is 10.6 Å². The fraction of sp³-hybridized carbons (Fsp3) is 0.750. The summed E-state index contributed by atoms with van der Waals surface area (Å²) in [6.07, 6.45) is 3.30. The Morgan fingerprint density at radius 1 is 1.00 bits per heavy atom. The Morgan fingerprint density at radius 2 is 1.61 bits per heavy atom. The van der Waals surface area contributed by atoms with Crippen molar-refractivity contribution < 1.29 is 0 Å². The number of hydrogen-bond donors (Lipinski definition) is 2. The zero-order chi connectivity index (χ0) is 13.4. The SMILES string of the molecule is CCCNc1nc(Cl)nc(NCC(CC)CC)n1. The molecule has 0 atom stereocenters. The Kier molecular flexibility index (Phi) is 6.72. The average molecular weight is 272 g/mol. The van der Waals surface area contributed by atoms with Crippen molar-refractivity contribution in [1.82, 2.24) is 15.0 Å². The molecule has 0 fully saturated rings. The van der Waals surface area contributed by atoms with E-state index in [-0.39, 0.29) is 5.28 Å². The van der Waals surface area contributed by atoms with Crippen LogP contribution in [0.2, 0.25) is 5.28 Å². The van der Waals surface area contributed by atoms with Gasteiger partial charge in [0.2, 0.25) is 17.2 Å². The summed E-state index contributed by atoms with van der Waals surface area (Å²) in [6.45, 7) is 8.14. The molecule has 0 bridgehead atoms. The van der Waals surface area contributed by atoms with Gasteiger partial charge in [0.15, 0.2) is 0 Å². The molecular weight excluding hydrogens is 250 g/mol. The third-order valence-corrected chi connectivity index (χ3v) is 3.01. The number of rotatable bonds is 8. The summed E-state index contributed by atoms with van der Waals surface area (Å²) in [5.41, 5.74) is 0. The van der Waals surface area contributed by atoms with E-state index in [4.69, 9.17) is 11.6 Å². The Morgan fingerprint density at radius 3 is 2.17 bits per heavy atom. The first kappa shape index (κ1) is 15.0. The summed E-state index contributed by atoms with van der Waals surface area (Å²) >= 11 is 5.87. The third kappa shape index (κ3) is 5.04. The third-order valence-electron chi connectivity index (χ3n) is 2.84. The molecule has 0 radical (unpaired) electrons. The van der Waals surface area contributed by atoms with Crippen LogP contribution in [0.3, 0.4) is 0 Å². The van der Waals surface area contributed by atoms with Crippen molar-refractivity contribution in [3.05, 3.63) is 5.28 Å². The van der Waals surface area contributed by atoms with Crippen molar-refractivity contribution in [2.75, 3.05) is 23.7 Å². The van der Waals surface area contributed by atoms with Crippen LogP contribution in [0.25, 0.3) is 0 Å².